The highest BCUT2D eigenvalue weighted by Crippen LogP contribution is 2.42. The predicted molar refractivity (Wildman–Crippen MR) is 112 cm³/mol. The number of benzene rings is 2. The molecule has 2 heterocycles. The maximum Gasteiger partial charge on any atom is 0.251 e. The zero-order valence-corrected chi connectivity index (χ0v) is 15.9. The van der Waals surface area contributed by atoms with Crippen LogP contribution >= 0.6 is 0 Å². The van der Waals surface area contributed by atoms with Gasteiger partial charge in [0.15, 0.2) is 0 Å². The molecule has 3 nitrogen and oxygen atoms in total. The number of anilines is 1. The number of hydrogen-bond acceptors (Lipinski definition) is 2. The van der Waals surface area contributed by atoms with Crippen molar-refractivity contribution in [3.63, 3.8) is 0 Å². The number of hydrogen-bond donors (Lipinski definition) is 0. The first-order valence-corrected chi connectivity index (χ1v) is 10.00. The molecule has 0 radical (unpaired) electrons. The lowest BCUT2D eigenvalue weighted by Gasteiger charge is -2.25. The summed E-state index contributed by atoms with van der Waals surface area (Å²) >= 11 is 0. The molecule has 2 aliphatic rings. The number of fused-ring (bicyclic) bond motifs is 2. The van der Waals surface area contributed by atoms with Crippen molar-refractivity contribution in [2.24, 2.45) is 11.8 Å². The number of aryl methyl sites for hydroxylation is 1. The molecule has 3 aromatic rings. The van der Waals surface area contributed by atoms with Crippen LogP contribution in [0.3, 0.4) is 0 Å². The lowest BCUT2D eigenvalue weighted by molar-refractivity contribution is 0.535. The molecule has 2 aromatic carbocycles. The van der Waals surface area contributed by atoms with Gasteiger partial charge >= 0.3 is 0 Å². The minimum absolute atomic E-state index is 0.0247. The summed E-state index contributed by atoms with van der Waals surface area (Å²) in [5.41, 5.74) is 4.24. The fraction of sp³-hybridized carbons (Fsp3) is 0.292. The topological polar surface area (TPSA) is 25.2 Å². The molecule has 4 heteroatoms. The van der Waals surface area contributed by atoms with Gasteiger partial charge in [0.25, 0.3) is 5.56 Å². The molecule has 0 unspecified atom stereocenters. The number of aromatic nitrogens is 1. The van der Waals surface area contributed by atoms with E-state index in [0.29, 0.717) is 18.4 Å². The average molecular weight is 374 g/mol. The second-order valence-electron chi connectivity index (χ2n) is 7.81. The molecule has 0 saturated carbocycles. The Morgan fingerprint density at radius 2 is 1.86 bits per heavy atom. The van der Waals surface area contributed by atoms with Crippen LogP contribution in [0.5, 0.6) is 0 Å². The van der Waals surface area contributed by atoms with Gasteiger partial charge in [0.2, 0.25) is 0 Å². The highest BCUT2D eigenvalue weighted by molar-refractivity contribution is 6.01. The van der Waals surface area contributed by atoms with Gasteiger partial charge in [-0.2, -0.15) is 0 Å². The Hall–Kier alpha value is -2.88. The van der Waals surface area contributed by atoms with Crippen LogP contribution in [0.4, 0.5) is 10.1 Å². The number of allylic oxidation sites excluding steroid dienone is 1. The average Bonchev–Trinajstić information content (AvgIpc) is 3.30. The van der Waals surface area contributed by atoms with E-state index in [1.807, 2.05) is 35.8 Å². The zero-order chi connectivity index (χ0) is 19.3. The van der Waals surface area contributed by atoms with E-state index >= 15 is 0 Å². The molecule has 1 saturated heterocycles. The predicted octanol–water partition coefficient (Wildman–Crippen LogP) is 4.84. The Kier molecular flexibility index (Phi) is 4.08. The van der Waals surface area contributed by atoms with Gasteiger partial charge in [-0.25, -0.2) is 4.39 Å². The lowest BCUT2D eigenvalue weighted by Crippen LogP contribution is -2.23. The van der Waals surface area contributed by atoms with Gasteiger partial charge in [-0.05, 0) is 55.0 Å². The lowest BCUT2D eigenvalue weighted by atomic mass is 9.99. The molecule has 1 aromatic heterocycles. The summed E-state index contributed by atoms with van der Waals surface area (Å²) < 4.78 is 15.3. The molecule has 0 spiro atoms. The second-order valence-corrected chi connectivity index (χ2v) is 7.81. The summed E-state index contributed by atoms with van der Waals surface area (Å²) in [6.07, 6.45) is 5.78. The Bertz CT molecular complexity index is 1130. The number of halogens is 1. The summed E-state index contributed by atoms with van der Waals surface area (Å²) in [5.74, 6) is 1.02. The first-order valence-electron chi connectivity index (χ1n) is 10.00. The maximum atomic E-state index is 13.5. The van der Waals surface area contributed by atoms with E-state index in [9.17, 15) is 9.18 Å². The van der Waals surface area contributed by atoms with Crippen molar-refractivity contribution >= 4 is 16.6 Å². The Morgan fingerprint density at radius 1 is 1.04 bits per heavy atom. The van der Waals surface area contributed by atoms with Crippen LogP contribution in [0.1, 0.15) is 13.3 Å². The molecule has 28 heavy (non-hydrogen) atoms. The highest BCUT2D eigenvalue weighted by atomic mass is 19.1. The first kappa shape index (κ1) is 17.2. The van der Waals surface area contributed by atoms with Crippen LogP contribution in [0, 0.1) is 17.7 Å². The van der Waals surface area contributed by atoms with Crippen LogP contribution in [-0.2, 0) is 6.54 Å². The SMILES string of the molecule is CCn1c(=O)ccc2c(N3C[C@@H]4CC=C[C@@H]4C3)c(-c3ccc(F)cc3)ccc21. The quantitative estimate of drug-likeness (QED) is 0.613. The molecule has 0 amide bonds. The van der Waals surface area contributed by atoms with Gasteiger partial charge in [0, 0.05) is 36.7 Å². The molecular formula is C24H23FN2O. The first-order chi connectivity index (χ1) is 13.7. The third-order valence-electron chi connectivity index (χ3n) is 6.24. The number of nitrogens with zero attached hydrogens (tertiary/aromatic N) is 2. The summed E-state index contributed by atoms with van der Waals surface area (Å²) in [6.45, 7) is 4.63. The van der Waals surface area contributed by atoms with Crippen molar-refractivity contribution in [3.05, 3.63) is 76.9 Å². The number of pyridine rings is 1. The monoisotopic (exact) mass is 374 g/mol. The molecule has 1 aliphatic carbocycles. The standard InChI is InChI=1S/C24H23FN2O/c1-2-27-22-12-10-20(16-6-8-19(25)9-7-16)24(21(22)11-13-23(27)28)26-14-17-4-3-5-18(17)15-26/h3-4,6-13,17-18H,2,5,14-15H2,1H3/t17-,18+/m1/s1. The van der Waals surface area contributed by atoms with Gasteiger partial charge in [0.1, 0.15) is 5.82 Å². The Morgan fingerprint density at radius 3 is 2.61 bits per heavy atom. The smallest absolute Gasteiger partial charge is 0.251 e. The van der Waals surface area contributed by atoms with Gasteiger partial charge in [-0.1, -0.05) is 30.4 Å². The van der Waals surface area contributed by atoms with Crippen LogP contribution in [-0.4, -0.2) is 17.7 Å². The van der Waals surface area contributed by atoms with Crippen LogP contribution < -0.4 is 10.5 Å². The molecule has 1 fully saturated rings. The van der Waals surface area contributed by atoms with E-state index < -0.39 is 0 Å². The summed E-state index contributed by atoms with van der Waals surface area (Å²) in [5, 5.41) is 1.09. The van der Waals surface area contributed by atoms with Crippen LogP contribution in [0.2, 0.25) is 0 Å². The van der Waals surface area contributed by atoms with Gasteiger partial charge < -0.3 is 9.47 Å². The van der Waals surface area contributed by atoms with Gasteiger partial charge in [-0.15, -0.1) is 0 Å². The fourth-order valence-electron chi connectivity index (χ4n) is 4.86. The van der Waals surface area contributed by atoms with Gasteiger partial charge in [-0.3, -0.25) is 4.79 Å². The van der Waals surface area contributed by atoms with Crippen molar-refractivity contribution in [3.8, 4) is 11.1 Å². The van der Waals surface area contributed by atoms with Crippen molar-refractivity contribution in [1.29, 1.82) is 0 Å². The largest absolute Gasteiger partial charge is 0.370 e. The third kappa shape index (κ3) is 2.67. The van der Waals surface area contributed by atoms with Crippen molar-refractivity contribution in [2.75, 3.05) is 18.0 Å². The zero-order valence-electron chi connectivity index (χ0n) is 15.9. The van der Waals surface area contributed by atoms with Crippen LogP contribution in [0.25, 0.3) is 22.0 Å². The summed E-state index contributed by atoms with van der Waals surface area (Å²) in [4.78, 5) is 14.8. The van der Waals surface area contributed by atoms with E-state index in [2.05, 4.69) is 23.1 Å². The number of rotatable bonds is 3. The summed E-state index contributed by atoms with van der Waals surface area (Å²) in [6, 6.07) is 14.4. The Balaban J connectivity index is 1.75. The van der Waals surface area contributed by atoms with E-state index in [1.165, 1.54) is 12.1 Å². The van der Waals surface area contributed by atoms with Crippen molar-refractivity contribution in [1.82, 2.24) is 4.57 Å². The third-order valence-corrected chi connectivity index (χ3v) is 6.24. The van der Waals surface area contributed by atoms with E-state index in [0.717, 1.165) is 47.2 Å². The molecule has 2 atom stereocenters. The normalized spacial score (nSPS) is 20.9. The van der Waals surface area contributed by atoms with E-state index in [1.54, 1.807) is 6.07 Å². The molecule has 0 bridgehead atoms. The molecule has 1 aliphatic heterocycles. The maximum absolute atomic E-state index is 13.5. The Labute approximate surface area is 163 Å². The van der Waals surface area contributed by atoms with Crippen molar-refractivity contribution in [2.45, 2.75) is 19.9 Å². The highest BCUT2D eigenvalue weighted by Gasteiger charge is 2.34. The summed E-state index contributed by atoms with van der Waals surface area (Å²) in [7, 11) is 0. The van der Waals surface area contributed by atoms with Crippen LogP contribution in [0.15, 0.2) is 65.5 Å². The molecule has 5 rings (SSSR count). The minimum atomic E-state index is -0.230. The van der Waals surface area contributed by atoms with Crippen molar-refractivity contribution < 1.29 is 4.39 Å². The molecule has 0 N–H and O–H groups in total. The molecular weight excluding hydrogens is 351 g/mol. The second kappa shape index (κ2) is 6.62. The van der Waals surface area contributed by atoms with E-state index in [-0.39, 0.29) is 11.4 Å². The molecule has 142 valence electrons. The minimum Gasteiger partial charge on any atom is -0.370 e. The van der Waals surface area contributed by atoms with Gasteiger partial charge in [0.05, 0.1) is 11.2 Å². The van der Waals surface area contributed by atoms with E-state index in [4.69, 9.17) is 0 Å². The fourth-order valence-corrected chi connectivity index (χ4v) is 4.86.